The Bertz CT molecular complexity index is 177. The molecule has 62 valence electrons. The molecule has 1 heterocycles. The van der Waals surface area contributed by atoms with E-state index in [9.17, 15) is 4.79 Å². The molecule has 1 rings (SSSR count). The first kappa shape index (κ1) is 8.27. The Morgan fingerprint density at radius 3 is 2.82 bits per heavy atom. The predicted octanol–water partition coefficient (Wildman–Crippen LogP) is 0.294. The summed E-state index contributed by atoms with van der Waals surface area (Å²) in [5.41, 5.74) is 0. The fraction of sp³-hybridized carbons (Fsp3) is 0.625. The first-order chi connectivity index (χ1) is 5.24. The standard InChI is InChI=1S/C8H14N2O/c1-3-4-5-10-6-8(11)9(2)7-10/h3-4H,5-7H2,1-2H3/b4-3+. The van der Waals surface area contributed by atoms with Gasteiger partial charge in [0.2, 0.25) is 5.91 Å². The van der Waals surface area contributed by atoms with Gasteiger partial charge in [-0.3, -0.25) is 9.69 Å². The maximum Gasteiger partial charge on any atom is 0.237 e. The second kappa shape index (κ2) is 3.53. The van der Waals surface area contributed by atoms with Crippen LogP contribution in [0.15, 0.2) is 12.2 Å². The van der Waals surface area contributed by atoms with Crippen molar-refractivity contribution in [3.63, 3.8) is 0 Å². The zero-order chi connectivity index (χ0) is 8.27. The van der Waals surface area contributed by atoms with Crippen LogP contribution in [0.1, 0.15) is 6.92 Å². The SMILES string of the molecule is C/C=C/CN1CC(=O)N(C)C1. The van der Waals surface area contributed by atoms with E-state index in [1.54, 1.807) is 4.90 Å². The zero-order valence-electron chi connectivity index (χ0n) is 7.08. The highest BCUT2D eigenvalue weighted by Gasteiger charge is 2.22. The molecule has 3 nitrogen and oxygen atoms in total. The zero-order valence-corrected chi connectivity index (χ0v) is 7.08. The lowest BCUT2D eigenvalue weighted by Gasteiger charge is -2.11. The van der Waals surface area contributed by atoms with Crippen LogP contribution in [0.5, 0.6) is 0 Å². The molecule has 0 bridgehead atoms. The Kier molecular flexibility index (Phi) is 2.65. The molecule has 1 aliphatic heterocycles. The molecule has 0 aromatic heterocycles. The summed E-state index contributed by atoms with van der Waals surface area (Å²) in [6.45, 7) is 4.21. The maximum atomic E-state index is 11.0. The highest BCUT2D eigenvalue weighted by molar-refractivity contribution is 5.79. The average Bonchev–Trinajstić information content (AvgIpc) is 2.28. The number of rotatable bonds is 2. The van der Waals surface area contributed by atoms with Crippen LogP contribution >= 0.6 is 0 Å². The lowest BCUT2D eigenvalue weighted by atomic mass is 10.5. The fourth-order valence-electron chi connectivity index (χ4n) is 1.12. The quantitative estimate of drug-likeness (QED) is 0.534. The number of carbonyl (C=O) groups excluding carboxylic acids is 1. The summed E-state index contributed by atoms with van der Waals surface area (Å²) in [5.74, 6) is 0.217. The van der Waals surface area contributed by atoms with E-state index in [0.29, 0.717) is 6.54 Å². The number of hydrogen-bond acceptors (Lipinski definition) is 2. The van der Waals surface area contributed by atoms with Crippen LogP contribution in [-0.2, 0) is 4.79 Å². The molecule has 1 amide bonds. The van der Waals surface area contributed by atoms with E-state index in [0.717, 1.165) is 13.2 Å². The van der Waals surface area contributed by atoms with Crippen molar-refractivity contribution >= 4 is 5.91 Å². The van der Waals surface area contributed by atoms with Crippen molar-refractivity contribution in [2.45, 2.75) is 6.92 Å². The number of carbonyl (C=O) groups is 1. The van der Waals surface area contributed by atoms with Gasteiger partial charge in [-0.2, -0.15) is 0 Å². The molecule has 0 unspecified atom stereocenters. The third-order valence-corrected chi connectivity index (χ3v) is 1.80. The molecule has 0 spiro atoms. The molecule has 1 fully saturated rings. The Hall–Kier alpha value is -0.830. The smallest absolute Gasteiger partial charge is 0.237 e. The predicted molar refractivity (Wildman–Crippen MR) is 44.0 cm³/mol. The van der Waals surface area contributed by atoms with E-state index in [1.165, 1.54) is 0 Å². The molecule has 0 aliphatic carbocycles. The summed E-state index contributed by atoms with van der Waals surface area (Å²) in [7, 11) is 1.83. The summed E-state index contributed by atoms with van der Waals surface area (Å²) in [6, 6.07) is 0. The Morgan fingerprint density at radius 2 is 2.36 bits per heavy atom. The monoisotopic (exact) mass is 154 g/mol. The van der Waals surface area contributed by atoms with Gasteiger partial charge in [-0.1, -0.05) is 12.2 Å². The van der Waals surface area contributed by atoms with Crippen LogP contribution in [0.4, 0.5) is 0 Å². The molecule has 11 heavy (non-hydrogen) atoms. The number of allylic oxidation sites excluding steroid dienone is 1. The van der Waals surface area contributed by atoms with Crippen molar-refractivity contribution in [1.82, 2.24) is 9.80 Å². The van der Waals surface area contributed by atoms with E-state index in [-0.39, 0.29) is 5.91 Å². The van der Waals surface area contributed by atoms with Gasteiger partial charge >= 0.3 is 0 Å². The first-order valence-electron chi connectivity index (χ1n) is 3.81. The van der Waals surface area contributed by atoms with Gasteiger partial charge in [0, 0.05) is 13.6 Å². The van der Waals surface area contributed by atoms with Crippen LogP contribution < -0.4 is 0 Å². The van der Waals surface area contributed by atoms with Crippen LogP contribution in [0, 0.1) is 0 Å². The highest BCUT2D eigenvalue weighted by atomic mass is 16.2. The van der Waals surface area contributed by atoms with Crippen molar-refractivity contribution < 1.29 is 4.79 Å². The van der Waals surface area contributed by atoms with E-state index in [4.69, 9.17) is 0 Å². The first-order valence-corrected chi connectivity index (χ1v) is 3.81. The van der Waals surface area contributed by atoms with Gasteiger partial charge in [0.1, 0.15) is 0 Å². The second-order valence-electron chi connectivity index (χ2n) is 2.81. The Labute approximate surface area is 67.3 Å². The summed E-state index contributed by atoms with van der Waals surface area (Å²) >= 11 is 0. The van der Waals surface area contributed by atoms with Gasteiger partial charge in [-0.05, 0) is 6.92 Å². The minimum atomic E-state index is 0.217. The van der Waals surface area contributed by atoms with Gasteiger partial charge in [-0.15, -0.1) is 0 Å². The third-order valence-electron chi connectivity index (χ3n) is 1.80. The molecule has 0 atom stereocenters. The van der Waals surface area contributed by atoms with E-state index in [2.05, 4.69) is 11.0 Å². The number of likely N-dealkylation sites (N-methyl/N-ethyl adjacent to an activating group) is 1. The molecular formula is C8H14N2O. The van der Waals surface area contributed by atoms with E-state index >= 15 is 0 Å². The van der Waals surface area contributed by atoms with Crippen molar-refractivity contribution in [2.75, 3.05) is 26.8 Å². The molecule has 0 aromatic carbocycles. The summed E-state index contributed by atoms with van der Waals surface area (Å²) in [4.78, 5) is 14.8. The summed E-state index contributed by atoms with van der Waals surface area (Å²) in [6.07, 6.45) is 4.06. The number of hydrogen-bond donors (Lipinski definition) is 0. The lowest BCUT2D eigenvalue weighted by molar-refractivity contribution is -0.125. The largest absolute Gasteiger partial charge is 0.332 e. The molecular weight excluding hydrogens is 140 g/mol. The molecule has 1 aliphatic rings. The highest BCUT2D eigenvalue weighted by Crippen LogP contribution is 2.02. The van der Waals surface area contributed by atoms with Gasteiger partial charge in [0.25, 0.3) is 0 Å². The van der Waals surface area contributed by atoms with Gasteiger partial charge in [0.05, 0.1) is 13.2 Å². The molecule has 3 heteroatoms. The van der Waals surface area contributed by atoms with Crippen LogP contribution in [0.2, 0.25) is 0 Å². The van der Waals surface area contributed by atoms with E-state index < -0.39 is 0 Å². The van der Waals surface area contributed by atoms with Crippen molar-refractivity contribution in [1.29, 1.82) is 0 Å². The minimum absolute atomic E-state index is 0.217. The van der Waals surface area contributed by atoms with Gasteiger partial charge in [-0.25, -0.2) is 0 Å². The Balaban J connectivity index is 2.35. The molecule has 0 N–H and O–H groups in total. The normalized spacial score (nSPS) is 20.5. The van der Waals surface area contributed by atoms with E-state index in [1.807, 2.05) is 20.0 Å². The third kappa shape index (κ3) is 2.05. The van der Waals surface area contributed by atoms with Gasteiger partial charge < -0.3 is 4.90 Å². The minimum Gasteiger partial charge on any atom is -0.332 e. The molecule has 0 saturated carbocycles. The maximum absolute atomic E-state index is 11.0. The van der Waals surface area contributed by atoms with Crippen LogP contribution in [0.3, 0.4) is 0 Å². The average molecular weight is 154 g/mol. The second-order valence-corrected chi connectivity index (χ2v) is 2.81. The summed E-state index contributed by atoms with van der Waals surface area (Å²) < 4.78 is 0. The lowest BCUT2D eigenvalue weighted by Crippen LogP contribution is -2.23. The molecule has 0 radical (unpaired) electrons. The number of nitrogens with zero attached hydrogens (tertiary/aromatic N) is 2. The topological polar surface area (TPSA) is 23.6 Å². The molecule has 0 aromatic rings. The summed E-state index contributed by atoms with van der Waals surface area (Å²) in [5, 5.41) is 0. The molecule has 1 saturated heterocycles. The van der Waals surface area contributed by atoms with Gasteiger partial charge in [0.15, 0.2) is 0 Å². The van der Waals surface area contributed by atoms with Crippen molar-refractivity contribution in [2.24, 2.45) is 0 Å². The number of amides is 1. The Morgan fingerprint density at radius 1 is 1.64 bits per heavy atom. The van der Waals surface area contributed by atoms with Crippen LogP contribution in [0.25, 0.3) is 0 Å². The van der Waals surface area contributed by atoms with Crippen LogP contribution in [-0.4, -0.2) is 42.5 Å². The fourth-order valence-corrected chi connectivity index (χ4v) is 1.12. The van der Waals surface area contributed by atoms with Crippen molar-refractivity contribution in [3.05, 3.63) is 12.2 Å². The van der Waals surface area contributed by atoms with Crippen molar-refractivity contribution in [3.8, 4) is 0 Å².